The lowest BCUT2D eigenvalue weighted by molar-refractivity contribution is 0.103. The quantitative estimate of drug-likeness (QED) is 0.485. The predicted molar refractivity (Wildman–Crippen MR) is 106 cm³/mol. The number of hydrogen-bond acceptors (Lipinski definition) is 2. The third kappa shape index (κ3) is 4.61. The fourth-order valence-electron chi connectivity index (χ4n) is 2.69. The highest BCUT2D eigenvalue weighted by Crippen LogP contribution is 2.28. The van der Waals surface area contributed by atoms with E-state index in [1.54, 1.807) is 11.8 Å². The SMILES string of the molecule is CCCc1ccc(C(=O)c2ccc(Sc3ccc(C)cc3)cc2)cc1. The summed E-state index contributed by atoms with van der Waals surface area (Å²) in [6, 6.07) is 24.3. The zero-order valence-electron chi connectivity index (χ0n) is 14.7. The van der Waals surface area contributed by atoms with Crippen molar-refractivity contribution in [2.45, 2.75) is 36.5 Å². The molecule has 0 saturated heterocycles. The fraction of sp³-hybridized carbons (Fsp3) is 0.174. The van der Waals surface area contributed by atoms with Crippen molar-refractivity contribution in [1.82, 2.24) is 0 Å². The van der Waals surface area contributed by atoms with Crippen LogP contribution in [0.15, 0.2) is 82.6 Å². The molecule has 0 heterocycles. The molecule has 0 unspecified atom stereocenters. The van der Waals surface area contributed by atoms with Crippen molar-refractivity contribution in [1.29, 1.82) is 0 Å². The Balaban J connectivity index is 1.70. The minimum Gasteiger partial charge on any atom is -0.289 e. The number of carbonyl (C=O) groups is 1. The number of hydrogen-bond donors (Lipinski definition) is 0. The summed E-state index contributed by atoms with van der Waals surface area (Å²) in [6.45, 7) is 4.25. The Morgan fingerprint density at radius 2 is 1.24 bits per heavy atom. The molecule has 0 amide bonds. The first-order chi connectivity index (χ1) is 12.2. The number of rotatable bonds is 6. The van der Waals surface area contributed by atoms with Crippen molar-refractivity contribution >= 4 is 17.5 Å². The van der Waals surface area contributed by atoms with Gasteiger partial charge in [-0.3, -0.25) is 4.79 Å². The van der Waals surface area contributed by atoms with Crippen LogP contribution in [0, 0.1) is 6.92 Å². The van der Waals surface area contributed by atoms with Crippen molar-refractivity contribution in [2.75, 3.05) is 0 Å². The highest BCUT2D eigenvalue weighted by molar-refractivity contribution is 7.99. The van der Waals surface area contributed by atoms with Crippen LogP contribution < -0.4 is 0 Å². The number of ketones is 1. The standard InChI is InChI=1S/C23H22OS/c1-3-4-18-7-9-19(10-8-18)23(24)20-11-15-22(16-12-20)25-21-13-5-17(2)6-14-21/h5-16H,3-4H2,1-2H3. The van der Waals surface area contributed by atoms with E-state index in [4.69, 9.17) is 0 Å². The molecular formula is C23H22OS. The van der Waals surface area contributed by atoms with Crippen LogP contribution in [0.25, 0.3) is 0 Å². The Labute approximate surface area is 154 Å². The molecular weight excluding hydrogens is 324 g/mol. The summed E-state index contributed by atoms with van der Waals surface area (Å²) in [5.41, 5.74) is 4.02. The molecule has 3 aromatic rings. The van der Waals surface area contributed by atoms with Gasteiger partial charge >= 0.3 is 0 Å². The molecule has 0 radical (unpaired) electrons. The molecule has 3 rings (SSSR count). The smallest absolute Gasteiger partial charge is 0.193 e. The Morgan fingerprint density at radius 1 is 0.760 bits per heavy atom. The molecule has 0 aromatic heterocycles. The molecule has 0 bridgehead atoms. The highest BCUT2D eigenvalue weighted by atomic mass is 32.2. The number of benzene rings is 3. The minimum atomic E-state index is 0.0786. The van der Waals surface area contributed by atoms with Crippen molar-refractivity contribution in [3.8, 4) is 0 Å². The Hall–Kier alpha value is -2.32. The van der Waals surface area contributed by atoms with E-state index in [9.17, 15) is 4.79 Å². The van der Waals surface area contributed by atoms with Crippen LogP contribution >= 0.6 is 11.8 Å². The second kappa shape index (κ2) is 8.17. The first-order valence-corrected chi connectivity index (χ1v) is 9.45. The lowest BCUT2D eigenvalue weighted by Gasteiger charge is -2.06. The summed E-state index contributed by atoms with van der Waals surface area (Å²) in [5.74, 6) is 0.0786. The Morgan fingerprint density at radius 3 is 1.76 bits per heavy atom. The van der Waals surface area contributed by atoms with Crippen LogP contribution in [-0.4, -0.2) is 5.78 Å². The van der Waals surface area contributed by atoms with Gasteiger partial charge in [-0.25, -0.2) is 0 Å². The summed E-state index contributed by atoms with van der Waals surface area (Å²) in [6.07, 6.45) is 2.17. The maximum atomic E-state index is 12.6. The summed E-state index contributed by atoms with van der Waals surface area (Å²) >= 11 is 1.71. The second-order valence-corrected chi connectivity index (χ2v) is 7.36. The van der Waals surface area contributed by atoms with Crippen LogP contribution in [0.5, 0.6) is 0 Å². The van der Waals surface area contributed by atoms with Gasteiger partial charge in [0.2, 0.25) is 0 Å². The van der Waals surface area contributed by atoms with Gasteiger partial charge in [0.15, 0.2) is 5.78 Å². The zero-order chi connectivity index (χ0) is 17.6. The molecule has 0 atom stereocenters. The van der Waals surface area contributed by atoms with Gasteiger partial charge in [-0.1, -0.05) is 67.1 Å². The van der Waals surface area contributed by atoms with Crippen LogP contribution in [0.2, 0.25) is 0 Å². The lowest BCUT2D eigenvalue weighted by Crippen LogP contribution is -2.01. The molecule has 3 aromatic carbocycles. The lowest BCUT2D eigenvalue weighted by atomic mass is 10.0. The average molecular weight is 346 g/mol. The van der Waals surface area contributed by atoms with Gasteiger partial charge < -0.3 is 0 Å². The molecule has 25 heavy (non-hydrogen) atoms. The van der Waals surface area contributed by atoms with Crippen molar-refractivity contribution in [2.24, 2.45) is 0 Å². The second-order valence-electron chi connectivity index (χ2n) is 6.22. The number of aryl methyl sites for hydroxylation is 2. The van der Waals surface area contributed by atoms with E-state index in [2.05, 4.69) is 50.2 Å². The van der Waals surface area contributed by atoms with Gasteiger partial charge in [0.1, 0.15) is 0 Å². The van der Waals surface area contributed by atoms with Gasteiger partial charge in [0.05, 0.1) is 0 Å². The fourth-order valence-corrected chi connectivity index (χ4v) is 3.51. The van der Waals surface area contributed by atoms with Gasteiger partial charge in [-0.15, -0.1) is 0 Å². The van der Waals surface area contributed by atoms with Crippen LogP contribution in [-0.2, 0) is 6.42 Å². The Kier molecular flexibility index (Phi) is 5.72. The Bertz CT molecular complexity index is 831. The summed E-state index contributed by atoms with van der Waals surface area (Å²) in [5, 5.41) is 0. The molecule has 126 valence electrons. The molecule has 0 fully saturated rings. The summed E-state index contributed by atoms with van der Waals surface area (Å²) in [7, 11) is 0. The normalized spacial score (nSPS) is 10.6. The van der Waals surface area contributed by atoms with Crippen molar-refractivity contribution < 1.29 is 4.79 Å². The van der Waals surface area contributed by atoms with Crippen molar-refractivity contribution in [3.05, 3.63) is 95.1 Å². The van der Waals surface area contributed by atoms with Gasteiger partial charge in [-0.2, -0.15) is 0 Å². The first kappa shape index (κ1) is 17.5. The maximum Gasteiger partial charge on any atom is 0.193 e. The predicted octanol–water partition coefficient (Wildman–Crippen LogP) is 6.33. The molecule has 0 aliphatic heterocycles. The van der Waals surface area contributed by atoms with Gasteiger partial charge in [0.25, 0.3) is 0 Å². The first-order valence-electron chi connectivity index (χ1n) is 8.64. The maximum absolute atomic E-state index is 12.6. The third-order valence-electron chi connectivity index (χ3n) is 4.13. The van der Waals surface area contributed by atoms with Crippen LogP contribution in [0.1, 0.15) is 40.4 Å². The van der Waals surface area contributed by atoms with Crippen LogP contribution in [0.3, 0.4) is 0 Å². The van der Waals surface area contributed by atoms with Crippen LogP contribution in [0.4, 0.5) is 0 Å². The molecule has 0 aliphatic rings. The monoisotopic (exact) mass is 346 g/mol. The molecule has 2 heteroatoms. The van der Waals surface area contributed by atoms with E-state index in [0.29, 0.717) is 0 Å². The molecule has 0 N–H and O–H groups in total. The summed E-state index contributed by atoms with van der Waals surface area (Å²) in [4.78, 5) is 15.0. The molecule has 0 spiro atoms. The van der Waals surface area contributed by atoms with Gasteiger partial charge in [-0.05, 0) is 55.3 Å². The minimum absolute atomic E-state index is 0.0786. The van der Waals surface area contributed by atoms with E-state index < -0.39 is 0 Å². The van der Waals surface area contributed by atoms with E-state index in [1.165, 1.54) is 16.0 Å². The van der Waals surface area contributed by atoms with E-state index in [1.807, 2.05) is 36.4 Å². The van der Waals surface area contributed by atoms with E-state index in [0.717, 1.165) is 28.9 Å². The van der Waals surface area contributed by atoms with E-state index >= 15 is 0 Å². The molecule has 0 saturated carbocycles. The van der Waals surface area contributed by atoms with Crippen molar-refractivity contribution in [3.63, 3.8) is 0 Å². The topological polar surface area (TPSA) is 17.1 Å². The van der Waals surface area contributed by atoms with Gasteiger partial charge in [0, 0.05) is 20.9 Å². The number of carbonyl (C=O) groups excluding carboxylic acids is 1. The average Bonchev–Trinajstić information content (AvgIpc) is 2.65. The zero-order valence-corrected chi connectivity index (χ0v) is 15.5. The largest absolute Gasteiger partial charge is 0.289 e. The molecule has 0 aliphatic carbocycles. The van der Waals surface area contributed by atoms with E-state index in [-0.39, 0.29) is 5.78 Å². The summed E-state index contributed by atoms with van der Waals surface area (Å²) < 4.78 is 0. The third-order valence-corrected chi connectivity index (χ3v) is 5.14. The highest BCUT2D eigenvalue weighted by Gasteiger charge is 2.09. The molecule has 1 nitrogen and oxygen atoms in total.